The number of anilines is 2. The van der Waals surface area contributed by atoms with E-state index in [2.05, 4.69) is 16.0 Å². The van der Waals surface area contributed by atoms with Crippen LogP contribution in [-0.2, 0) is 19.6 Å². The molecule has 182 valence electrons. The van der Waals surface area contributed by atoms with Gasteiger partial charge < -0.3 is 20.7 Å². The maximum Gasteiger partial charge on any atom is 0.253 e. The van der Waals surface area contributed by atoms with Gasteiger partial charge in [-0.15, -0.1) is 0 Å². The fourth-order valence-electron chi connectivity index (χ4n) is 4.13. The number of nitrogens with one attached hydrogen (secondary N) is 3. The third-order valence-electron chi connectivity index (χ3n) is 5.95. The van der Waals surface area contributed by atoms with Crippen LogP contribution in [0.25, 0.3) is 0 Å². The first-order valence-corrected chi connectivity index (χ1v) is 13.0. The van der Waals surface area contributed by atoms with Gasteiger partial charge in [0.05, 0.1) is 23.1 Å². The van der Waals surface area contributed by atoms with Crippen LogP contribution in [0, 0.1) is 0 Å². The second-order valence-electron chi connectivity index (χ2n) is 8.43. The van der Waals surface area contributed by atoms with E-state index in [0.29, 0.717) is 36.6 Å². The normalized spacial score (nSPS) is 18.5. The van der Waals surface area contributed by atoms with Crippen molar-refractivity contribution in [1.29, 1.82) is 0 Å². The number of para-hydroxylation sites is 1. The molecule has 0 bridgehead atoms. The molecule has 2 aliphatic heterocycles. The first-order valence-electron chi connectivity index (χ1n) is 11.6. The van der Waals surface area contributed by atoms with E-state index in [1.807, 2.05) is 0 Å². The van der Waals surface area contributed by atoms with Crippen LogP contribution in [-0.4, -0.2) is 63.4 Å². The van der Waals surface area contributed by atoms with Gasteiger partial charge in [0.25, 0.3) is 5.91 Å². The zero-order valence-electron chi connectivity index (χ0n) is 19.0. The highest BCUT2D eigenvalue weighted by molar-refractivity contribution is 7.89. The lowest BCUT2D eigenvalue weighted by Gasteiger charge is -2.16. The van der Waals surface area contributed by atoms with Crippen molar-refractivity contribution >= 4 is 33.2 Å². The largest absolute Gasteiger partial charge is 0.376 e. The highest BCUT2D eigenvalue weighted by Crippen LogP contribution is 2.23. The molecule has 0 aromatic heterocycles. The van der Waals surface area contributed by atoms with Crippen LogP contribution in [0.15, 0.2) is 53.4 Å². The number of carbonyl (C=O) groups excluding carboxylic acids is 2. The molecule has 0 aliphatic carbocycles. The maximum absolute atomic E-state index is 12.8. The summed E-state index contributed by atoms with van der Waals surface area (Å²) in [5.41, 5.74) is 1.37. The monoisotopic (exact) mass is 486 g/mol. The fraction of sp³-hybridized carbons (Fsp3) is 0.417. The van der Waals surface area contributed by atoms with E-state index < -0.39 is 10.0 Å². The maximum atomic E-state index is 12.8. The molecule has 2 amide bonds. The summed E-state index contributed by atoms with van der Waals surface area (Å²) in [7, 11) is -3.57. The SMILES string of the molecule is O=C(CNc1ccccc1C(=O)NC[C@H]1CCCO1)Nc1cccc(S(=O)(=O)N2CCCC2)c1. The minimum Gasteiger partial charge on any atom is -0.376 e. The van der Waals surface area contributed by atoms with Crippen LogP contribution in [0.5, 0.6) is 0 Å². The van der Waals surface area contributed by atoms with E-state index >= 15 is 0 Å². The molecule has 2 aromatic rings. The highest BCUT2D eigenvalue weighted by Gasteiger charge is 2.27. The van der Waals surface area contributed by atoms with Crippen LogP contribution in [0.3, 0.4) is 0 Å². The second kappa shape index (κ2) is 11.0. The van der Waals surface area contributed by atoms with E-state index in [0.717, 1.165) is 32.3 Å². The number of nitrogens with zero attached hydrogens (tertiary/aromatic N) is 1. The van der Waals surface area contributed by atoms with E-state index in [9.17, 15) is 18.0 Å². The first kappa shape index (κ1) is 24.2. The Morgan fingerprint density at radius 3 is 2.59 bits per heavy atom. The van der Waals surface area contributed by atoms with Gasteiger partial charge in [-0.3, -0.25) is 9.59 Å². The summed E-state index contributed by atoms with van der Waals surface area (Å²) in [4.78, 5) is 25.3. The first-order chi connectivity index (χ1) is 16.4. The fourth-order valence-corrected chi connectivity index (χ4v) is 5.70. The van der Waals surface area contributed by atoms with Crippen LogP contribution >= 0.6 is 0 Å². The topological polar surface area (TPSA) is 117 Å². The molecule has 9 nitrogen and oxygen atoms in total. The van der Waals surface area contributed by atoms with Crippen LogP contribution in [0.1, 0.15) is 36.0 Å². The Hall–Kier alpha value is -2.95. The predicted molar refractivity (Wildman–Crippen MR) is 129 cm³/mol. The van der Waals surface area contributed by atoms with Gasteiger partial charge in [0.1, 0.15) is 0 Å². The second-order valence-corrected chi connectivity index (χ2v) is 10.4. The number of ether oxygens (including phenoxy) is 1. The lowest BCUT2D eigenvalue weighted by Crippen LogP contribution is -2.32. The Labute approximate surface area is 199 Å². The van der Waals surface area contributed by atoms with Gasteiger partial charge in [0.2, 0.25) is 15.9 Å². The summed E-state index contributed by atoms with van der Waals surface area (Å²) in [5, 5.41) is 8.61. The number of benzene rings is 2. The van der Waals surface area contributed by atoms with E-state index in [4.69, 9.17) is 4.74 Å². The van der Waals surface area contributed by atoms with Crippen molar-refractivity contribution in [2.24, 2.45) is 0 Å². The van der Waals surface area contributed by atoms with E-state index in [1.165, 1.54) is 16.4 Å². The van der Waals surface area contributed by atoms with Gasteiger partial charge in [0.15, 0.2) is 0 Å². The van der Waals surface area contributed by atoms with Gasteiger partial charge in [-0.05, 0) is 56.0 Å². The van der Waals surface area contributed by atoms with E-state index in [1.54, 1.807) is 36.4 Å². The van der Waals surface area contributed by atoms with Crippen molar-refractivity contribution in [3.8, 4) is 0 Å². The standard InChI is InChI=1S/C24H30N4O5S/c29-23(27-18-7-5-9-20(15-18)34(31,32)28-12-3-4-13-28)17-25-22-11-2-1-10-21(22)24(30)26-16-19-8-6-14-33-19/h1-2,5,7,9-11,15,19,25H,3-4,6,8,12-14,16-17H2,(H,26,30)(H,27,29)/t19-/m1/s1. The number of hydrogen-bond donors (Lipinski definition) is 3. The summed E-state index contributed by atoms with van der Waals surface area (Å²) in [6.45, 7) is 2.12. The molecule has 4 rings (SSSR count). The van der Waals surface area contributed by atoms with Gasteiger partial charge in [0, 0.05) is 37.6 Å². The van der Waals surface area contributed by atoms with Crippen LogP contribution < -0.4 is 16.0 Å². The lowest BCUT2D eigenvalue weighted by atomic mass is 10.1. The van der Waals surface area contributed by atoms with Crippen molar-refractivity contribution in [1.82, 2.24) is 9.62 Å². The summed E-state index contributed by atoms with van der Waals surface area (Å²) >= 11 is 0. The minimum atomic E-state index is -3.57. The molecule has 34 heavy (non-hydrogen) atoms. The third kappa shape index (κ3) is 5.94. The minimum absolute atomic E-state index is 0.0416. The Morgan fingerprint density at radius 2 is 1.82 bits per heavy atom. The molecule has 0 spiro atoms. The van der Waals surface area contributed by atoms with Gasteiger partial charge in [-0.25, -0.2) is 8.42 Å². The number of sulfonamides is 1. The van der Waals surface area contributed by atoms with Crippen molar-refractivity contribution in [3.05, 3.63) is 54.1 Å². The van der Waals surface area contributed by atoms with Gasteiger partial charge in [-0.1, -0.05) is 18.2 Å². The van der Waals surface area contributed by atoms with Gasteiger partial charge >= 0.3 is 0 Å². The molecule has 2 fully saturated rings. The summed E-state index contributed by atoms with van der Waals surface area (Å²) < 4.78 is 32.6. The molecule has 0 radical (unpaired) electrons. The molecular formula is C24H30N4O5S. The Bertz CT molecular complexity index is 1130. The molecule has 10 heteroatoms. The average Bonchev–Trinajstić information content (AvgIpc) is 3.56. The number of carbonyl (C=O) groups is 2. The molecule has 1 atom stereocenters. The molecule has 2 aliphatic rings. The molecule has 0 unspecified atom stereocenters. The number of amides is 2. The Morgan fingerprint density at radius 1 is 1.03 bits per heavy atom. The lowest BCUT2D eigenvalue weighted by molar-refractivity contribution is -0.114. The summed E-state index contributed by atoms with van der Waals surface area (Å²) in [5.74, 6) is -0.593. The summed E-state index contributed by atoms with van der Waals surface area (Å²) in [6, 6.07) is 13.2. The quantitative estimate of drug-likeness (QED) is 0.501. The Kier molecular flexibility index (Phi) is 7.81. The van der Waals surface area contributed by atoms with Gasteiger partial charge in [-0.2, -0.15) is 4.31 Å². The van der Waals surface area contributed by atoms with E-state index in [-0.39, 0.29) is 29.4 Å². The molecular weight excluding hydrogens is 456 g/mol. The Balaban J connectivity index is 1.34. The van der Waals surface area contributed by atoms with Crippen LogP contribution in [0.2, 0.25) is 0 Å². The zero-order chi connectivity index (χ0) is 24.0. The predicted octanol–water partition coefficient (Wildman–Crippen LogP) is 2.43. The molecule has 0 saturated carbocycles. The van der Waals surface area contributed by atoms with Crippen molar-refractivity contribution in [3.63, 3.8) is 0 Å². The molecule has 2 heterocycles. The number of rotatable bonds is 9. The smallest absolute Gasteiger partial charge is 0.253 e. The summed E-state index contributed by atoms with van der Waals surface area (Å²) in [6.07, 6.45) is 3.69. The molecule has 3 N–H and O–H groups in total. The zero-order valence-corrected chi connectivity index (χ0v) is 19.8. The van der Waals surface area contributed by atoms with Crippen molar-refractivity contribution < 1.29 is 22.7 Å². The molecule has 2 aromatic carbocycles. The number of hydrogen-bond acceptors (Lipinski definition) is 6. The highest BCUT2D eigenvalue weighted by atomic mass is 32.2. The molecule has 2 saturated heterocycles. The van der Waals surface area contributed by atoms with Crippen molar-refractivity contribution in [2.45, 2.75) is 36.7 Å². The third-order valence-corrected chi connectivity index (χ3v) is 7.84. The van der Waals surface area contributed by atoms with Crippen LogP contribution in [0.4, 0.5) is 11.4 Å². The average molecular weight is 487 g/mol. The van der Waals surface area contributed by atoms with Crippen molar-refractivity contribution in [2.75, 3.05) is 43.4 Å².